The lowest BCUT2D eigenvalue weighted by Crippen LogP contribution is -2.62. The van der Waals surface area contributed by atoms with E-state index in [4.69, 9.17) is 11.6 Å². The molecule has 2 saturated heterocycles. The van der Waals surface area contributed by atoms with Crippen molar-refractivity contribution in [1.29, 1.82) is 0 Å². The highest BCUT2D eigenvalue weighted by Crippen LogP contribution is 2.28. The molecule has 2 aliphatic heterocycles. The van der Waals surface area contributed by atoms with Crippen molar-refractivity contribution in [3.8, 4) is 0 Å². The molecule has 0 atom stereocenters. The first-order valence-corrected chi connectivity index (χ1v) is 9.55. The first kappa shape index (κ1) is 15.8. The zero-order valence-corrected chi connectivity index (χ0v) is 13.8. The molecule has 6 nitrogen and oxygen atoms in total. The number of carbonyl (C=O) groups is 2. The number of nitrogens with zero attached hydrogens (tertiary/aromatic N) is 2. The number of sulfonamides is 1. The molecule has 0 spiro atoms. The smallest absolute Gasteiger partial charge is 0.273 e. The highest BCUT2D eigenvalue weighted by atomic mass is 35.5. The van der Waals surface area contributed by atoms with Crippen LogP contribution in [0.15, 0.2) is 24.3 Å². The van der Waals surface area contributed by atoms with Crippen molar-refractivity contribution in [2.75, 3.05) is 18.8 Å². The molecule has 118 valence electrons. The Morgan fingerprint density at radius 3 is 2.59 bits per heavy atom. The fraction of sp³-hybridized carbons (Fsp3) is 0.385. The van der Waals surface area contributed by atoms with Crippen LogP contribution in [0.4, 0.5) is 4.79 Å². The van der Waals surface area contributed by atoms with Gasteiger partial charge in [-0.3, -0.25) is 14.5 Å². The molecule has 0 bridgehead atoms. The number of halogens is 1. The minimum Gasteiger partial charge on any atom is -0.273 e. The fourth-order valence-corrected chi connectivity index (χ4v) is 5.02. The molecule has 2 amide bonds. The lowest BCUT2D eigenvalue weighted by Gasteiger charge is -2.41. The third kappa shape index (κ3) is 3.01. The van der Waals surface area contributed by atoms with Crippen LogP contribution < -0.4 is 0 Å². The van der Waals surface area contributed by atoms with E-state index in [1.807, 2.05) is 0 Å². The molecule has 2 heterocycles. The molecule has 0 N–H and O–H groups in total. The van der Waals surface area contributed by atoms with E-state index in [1.54, 1.807) is 24.3 Å². The Morgan fingerprint density at radius 1 is 1.27 bits per heavy atom. The number of rotatable bonds is 4. The van der Waals surface area contributed by atoms with Crippen LogP contribution >= 0.6 is 23.4 Å². The van der Waals surface area contributed by atoms with E-state index in [1.165, 1.54) is 9.21 Å². The summed E-state index contributed by atoms with van der Waals surface area (Å²) in [7, 11) is -3.47. The monoisotopic (exact) mass is 360 g/mol. The normalized spacial score (nSPS) is 20.5. The number of amides is 2. The summed E-state index contributed by atoms with van der Waals surface area (Å²) in [5.41, 5.74) is 0.611. The predicted molar refractivity (Wildman–Crippen MR) is 84.1 cm³/mol. The number of thioether (sulfide) groups is 1. The quantitative estimate of drug-likeness (QED) is 0.814. The topological polar surface area (TPSA) is 74.8 Å². The van der Waals surface area contributed by atoms with Crippen molar-refractivity contribution in [3.05, 3.63) is 34.9 Å². The SMILES string of the molecule is O=C1CSC(=O)N1C1CN(S(=O)(=O)Cc2cccc(Cl)c2)C1. The van der Waals surface area contributed by atoms with Crippen LogP contribution in [0.25, 0.3) is 0 Å². The third-order valence-electron chi connectivity index (χ3n) is 3.61. The van der Waals surface area contributed by atoms with Crippen LogP contribution in [0.5, 0.6) is 0 Å². The van der Waals surface area contributed by atoms with Gasteiger partial charge >= 0.3 is 0 Å². The second-order valence-electron chi connectivity index (χ2n) is 5.18. The van der Waals surface area contributed by atoms with Crippen LogP contribution in [-0.2, 0) is 20.6 Å². The lowest BCUT2D eigenvalue weighted by molar-refractivity contribution is -0.127. The molecular formula is C13H13ClN2O4S2. The van der Waals surface area contributed by atoms with Crippen LogP contribution in [0, 0.1) is 0 Å². The van der Waals surface area contributed by atoms with Crippen LogP contribution in [-0.4, -0.2) is 53.7 Å². The second kappa shape index (κ2) is 5.84. The Hall–Kier alpha value is -1.09. The van der Waals surface area contributed by atoms with Gasteiger partial charge in [0.2, 0.25) is 15.9 Å². The highest BCUT2D eigenvalue weighted by Gasteiger charge is 2.45. The number of hydrogen-bond acceptors (Lipinski definition) is 5. The van der Waals surface area contributed by atoms with Crippen LogP contribution in [0.3, 0.4) is 0 Å². The van der Waals surface area contributed by atoms with Gasteiger partial charge in [0.15, 0.2) is 0 Å². The summed E-state index contributed by atoms with van der Waals surface area (Å²) in [6, 6.07) is 6.35. The Bertz CT molecular complexity index is 715. The molecule has 2 fully saturated rings. The van der Waals surface area contributed by atoms with E-state index >= 15 is 0 Å². The molecule has 1 aromatic carbocycles. The first-order chi connectivity index (χ1) is 10.4. The molecule has 2 aliphatic rings. The molecule has 0 unspecified atom stereocenters. The Labute approximate surface area is 137 Å². The molecule has 0 saturated carbocycles. The lowest BCUT2D eigenvalue weighted by atomic mass is 10.1. The van der Waals surface area contributed by atoms with Gasteiger partial charge in [0.05, 0.1) is 17.5 Å². The van der Waals surface area contributed by atoms with E-state index in [-0.39, 0.29) is 41.8 Å². The number of benzene rings is 1. The highest BCUT2D eigenvalue weighted by molar-refractivity contribution is 8.14. The van der Waals surface area contributed by atoms with Gasteiger partial charge < -0.3 is 0 Å². The van der Waals surface area contributed by atoms with Crippen molar-refractivity contribution >= 4 is 44.5 Å². The molecule has 0 radical (unpaired) electrons. The van der Waals surface area contributed by atoms with Crippen molar-refractivity contribution in [2.45, 2.75) is 11.8 Å². The number of carbonyl (C=O) groups excluding carboxylic acids is 2. The Kier molecular flexibility index (Phi) is 4.19. The summed E-state index contributed by atoms with van der Waals surface area (Å²) in [4.78, 5) is 24.4. The van der Waals surface area contributed by atoms with Crippen LogP contribution in [0.2, 0.25) is 5.02 Å². The summed E-state index contributed by atoms with van der Waals surface area (Å²) in [5, 5.41) is 0.196. The van der Waals surface area contributed by atoms with Gasteiger partial charge in [0, 0.05) is 18.1 Å². The van der Waals surface area contributed by atoms with Gasteiger partial charge in [-0.05, 0) is 17.7 Å². The molecule has 22 heavy (non-hydrogen) atoms. The summed E-state index contributed by atoms with van der Waals surface area (Å²) in [5.74, 6) is -0.242. The van der Waals surface area contributed by atoms with Gasteiger partial charge in [-0.2, -0.15) is 4.31 Å². The van der Waals surface area contributed by atoms with E-state index < -0.39 is 10.0 Å². The zero-order valence-electron chi connectivity index (χ0n) is 11.4. The summed E-state index contributed by atoms with van der Waals surface area (Å²) >= 11 is 6.81. The van der Waals surface area contributed by atoms with Gasteiger partial charge in [0.1, 0.15) is 0 Å². The maximum absolute atomic E-state index is 12.3. The van der Waals surface area contributed by atoms with Crippen molar-refractivity contribution in [2.24, 2.45) is 0 Å². The average molecular weight is 361 g/mol. The van der Waals surface area contributed by atoms with Crippen molar-refractivity contribution in [3.63, 3.8) is 0 Å². The van der Waals surface area contributed by atoms with Gasteiger partial charge in [0.25, 0.3) is 5.24 Å². The third-order valence-corrected chi connectivity index (χ3v) is 6.46. The summed E-state index contributed by atoms with van der Waals surface area (Å²) in [6.45, 7) is 0.335. The van der Waals surface area contributed by atoms with Crippen molar-refractivity contribution in [1.82, 2.24) is 9.21 Å². The first-order valence-electron chi connectivity index (χ1n) is 6.58. The minimum absolute atomic E-state index is 0.142. The number of hydrogen-bond donors (Lipinski definition) is 0. The minimum atomic E-state index is -3.47. The molecule has 0 aliphatic carbocycles. The average Bonchev–Trinajstić information content (AvgIpc) is 2.68. The largest absolute Gasteiger partial charge is 0.289 e. The van der Waals surface area contributed by atoms with Crippen molar-refractivity contribution < 1.29 is 18.0 Å². The van der Waals surface area contributed by atoms with Gasteiger partial charge in [-0.15, -0.1) is 0 Å². The van der Waals surface area contributed by atoms with Gasteiger partial charge in [-0.25, -0.2) is 8.42 Å². The molecule has 0 aromatic heterocycles. The maximum atomic E-state index is 12.3. The standard InChI is InChI=1S/C13H13ClN2O4S2/c14-10-3-1-2-9(4-10)8-22(19,20)15-5-11(6-15)16-12(17)7-21-13(16)18/h1-4,11H,5-8H2. The second-order valence-corrected chi connectivity index (χ2v) is 8.51. The Morgan fingerprint density at radius 2 is 2.00 bits per heavy atom. The Balaban J connectivity index is 1.64. The summed E-state index contributed by atoms with van der Waals surface area (Å²) in [6.07, 6.45) is 0. The molecular weight excluding hydrogens is 348 g/mol. The molecule has 1 aromatic rings. The van der Waals surface area contributed by atoms with E-state index in [0.717, 1.165) is 11.8 Å². The van der Waals surface area contributed by atoms with E-state index in [2.05, 4.69) is 0 Å². The zero-order chi connectivity index (χ0) is 15.9. The number of imide groups is 1. The predicted octanol–water partition coefficient (Wildman–Crippen LogP) is 1.55. The molecule has 9 heteroatoms. The fourth-order valence-electron chi connectivity index (χ4n) is 2.45. The van der Waals surface area contributed by atoms with Crippen LogP contribution in [0.1, 0.15) is 5.56 Å². The maximum Gasteiger partial charge on any atom is 0.289 e. The van der Waals surface area contributed by atoms with E-state index in [0.29, 0.717) is 10.6 Å². The van der Waals surface area contributed by atoms with E-state index in [9.17, 15) is 18.0 Å². The van der Waals surface area contributed by atoms with Gasteiger partial charge in [-0.1, -0.05) is 35.5 Å². The summed E-state index contributed by atoms with van der Waals surface area (Å²) < 4.78 is 25.9. The molecule has 3 rings (SSSR count).